The molecule has 2 fully saturated rings. The summed E-state index contributed by atoms with van der Waals surface area (Å²) in [5.74, 6) is 0.599. The molecule has 0 aromatic heterocycles. The smallest absolute Gasteiger partial charge is 0.312 e. The maximum absolute atomic E-state index is 12.2. The summed E-state index contributed by atoms with van der Waals surface area (Å²) in [4.78, 5) is 17.4. The number of nitrogens with zero attached hydrogens (tertiary/aromatic N) is 2. The van der Waals surface area contributed by atoms with Gasteiger partial charge in [-0.15, -0.1) is 0 Å². The van der Waals surface area contributed by atoms with Crippen LogP contribution >= 0.6 is 0 Å². The van der Waals surface area contributed by atoms with Crippen molar-refractivity contribution < 1.29 is 9.53 Å². The number of para-hydroxylation sites is 1. The fraction of sp³-hybridized carbons (Fsp3) is 0.708. The average molecular weight is 387 g/mol. The molecule has 28 heavy (non-hydrogen) atoms. The summed E-state index contributed by atoms with van der Waals surface area (Å²) in [6.07, 6.45) is 4.97. The van der Waals surface area contributed by atoms with Gasteiger partial charge in [0.05, 0.1) is 5.41 Å². The third kappa shape index (κ3) is 4.53. The Kier molecular flexibility index (Phi) is 7.03. The molecule has 0 radical (unpaired) electrons. The van der Waals surface area contributed by atoms with E-state index in [1.54, 1.807) is 0 Å². The normalized spacial score (nSPS) is 22.7. The Morgan fingerprint density at radius 2 is 1.79 bits per heavy atom. The summed E-state index contributed by atoms with van der Waals surface area (Å²) in [5, 5.41) is 0. The Labute approximate surface area is 171 Å². The molecule has 1 unspecified atom stereocenters. The molecular weight excluding hydrogens is 348 g/mol. The van der Waals surface area contributed by atoms with Gasteiger partial charge in [-0.3, -0.25) is 9.69 Å². The van der Waals surface area contributed by atoms with Gasteiger partial charge >= 0.3 is 5.97 Å². The quantitative estimate of drug-likeness (QED) is 0.599. The SMILES string of the molecule is CCC1(CC)CC(CCCN2CCN(c3ccccc3C(C)C)CC2)OC1=O. The van der Waals surface area contributed by atoms with E-state index in [1.165, 1.54) is 11.3 Å². The predicted octanol–water partition coefficient (Wildman–Crippen LogP) is 4.83. The second kappa shape index (κ2) is 9.30. The van der Waals surface area contributed by atoms with E-state index < -0.39 is 0 Å². The summed E-state index contributed by atoms with van der Waals surface area (Å²) in [6, 6.07) is 8.84. The highest BCUT2D eigenvalue weighted by Gasteiger charge is 2.45. The molecule has 3 rings (SSSR count). The van der Waals surface area contributed by atoms with Gasteiger partial charge in [0.1, 0.15) is 6.10 Å². The lowest BCUT2D eigenvalue weighted by Gasteiger charge is -2.37. The summed E-state index contributed by atoms with van der Waals surface area (Å²) in [7, 11) is 0. The zero-order valence-electron chi connectivity index (χ0n) is 18.2. The van der Waals surface area contributed by atoms with Gasteiger partial charge in [-0.25, -0.2) is 0 Å². The minimum atomic E-state index is -0.208. The highest BCUT2D eigenvalue weighted by molar-refractivity contribution is 5.78. The van der Waals surface area contributed by atoms with E-state index in [0.717, 1.165) is 64.8 Å². The van der Waals surface area contributed by atoms with Crippen molar-refractivity contribution in [1.82, 2.24) is 4.90 Å². The fourth-order valence-corrected chi connectivity index (χ4v) is 4.84. The number of ether oxygens (including phenoxy) is 1. The molecule has 0 spiro atoms. The van der Waals surface area contributed by atoms with E-state index in [4.69, 9.17) is 4.74 Å². The van der Waals surface area contributed by atoms with Crippen LogP contribution in [-0.2, 0) is 9.53 Å². The van der Waals surface area contributed by atoms with E-state index in [9.17, 15) is 4.79 Å². The molecule has 1 atom stereocenters. The van der Waals surface area contributed by atoms with Crippen LogP contribution in [0.4, 0.5) is 5.69 Å². The lowest BCUT2D eigenvalue weighted by atomic mass is 9.79. The van der Waals surface area contributed by atoms with Gasteiger partial charge in [-0.05, 0) is 49.8 Å². The number of hydrogen-bond acceptors (Lipinski definition) is 4. The van der Waals surface area contributed by atoms with Crippen LogP contribution in [0.1, 0.15) is 71.3 Å². The molecule has 2 aliphatic heterocycles. The van der Waals surface area contributed by atoms with Crippen LogP contribution in [0.5, 0.6) is 0 Å². The van der Waals surface area contributed by atoms with Crippen molar-refractivity contribution in [3.05, 3.63) is 29.8 Å². The Balaban J connectivity index is 1.43. The number of rotatable bonds is 8. The molecule has 2 aliphatic rings. The predicted molar refractivity (Wildman–Crippen MR) is 116 cm³/mol. The van der Waals surface area contributed by atoms with Crippen molar-refractivity contribution in [3.63, 3.8) is 0 Å². The van der Waals surface area contributed by atoms with Crippen LogP contribution < -0.4 is 4.90 Å². The molecule has 0 aliphatic carbocycles. The number of carbonyl (C=O) groups excluding carboxylic acids is 1. The Bertz CT molecular complexity index is 646. The van der Waals surface area contributed by atoms with E-state index in [0.29, 0.717) is 5.92 Å². The summed E-state index contributed by atoms with van der Waals surface area (Å²) in [6.45, 7) is 14.3. The second-order valence-corrected chi connectivity index (χ2v) is 8.90. The standard InChI is InChI=1S/C24H38N2O2/c1-5-24(6-2)18-20(28-23(24)27)10-9-13-25-14-16-26(17-15-25)22-12-8-7-11-21(22)19(3)4/h7-8,11-12,19-20H,5-6,9-10,13-18H2,1-4H3. The van der Waals surface area contributed by atoms with Gasteiger partial charge in [-0.2, -0.15) is 0 Å². The highest BCUT2D eigenvalue weighted by atomic mass is 16.6. The lowest BCUT2D eigenvalue weighted by Crippen LogP contribution is -2.47. The number of hydrogen-bond donors (Lipinski definition) is 0. The van der Waals surface area contributed by atoms with Crippen molar-refractivity contribution in [1.29, 1.82) is 0 Å². The molecule has 0 bridgehead atoms. The zero-order valence-corrected chi connectivity index (χ0v) is 18.2. The molecule has 1 aromatic carbocycles. The fourth-order valence-electron chi connectivity index (χ4n) is 4.84. The molecule has 2 heterocycles. The van der Waals surface area contributed by atoms with Crippen molar-refractivity contribution in [2.75, 3.05) is 37.6 Å². The van der Waals surface area contributed by atoms with Crippen LogP contribution in [-0.4, -0.2) is 49.7 Å². The molecule has 0 N–H and O–H groups in total. The monoisotopic (exact) mass is 386 g/mol. The number of carbonyl (C=O) groups is 1. The van der Waals surface area contributed by atoms with Gasteiger partial charge in [0.15, 0.2) is 0 Å². The van der Waals surface area contributed by atoms with Gasteiger partial charge in [-0.1, -0.05) is 45.9 Å². The minimum absolute atomic E-state index is 0.0416. The van der Waals surface area contributed by atoms with E-state index in [2.05, 4.69) is 61.8 Å². The highest BCUT2D eigenvalue weighted by Crippen LogP contribution is 2.41. The van der Waals surface area contributed by atoms with Crippen LogP contribution in [0, 0.1) is 5.41 Å². The van der Waals surface area contributed by atoms with Gasteiger partial charge in [0, 0.05) is 38.3 Å². The lowest BCUT2D eigenvalue weighted by molar-refractivity contribution is -0.149. The van der Waals surface area contributed by atoms with E-state index >= 15 is 0 Å². The van der Waals surface area contributed by atoms with Gasteiger partial charge in [0.2, 0.25) is 0 Å². The third-order valence-corrected chi connectivity index (χ3v) is 6.95. The maximum Gasteiger partial charge on any atom is 0.312 e. The van der Waals surface area contributed by atoms with Gasteiger partial charge < -0.3 is 9.64 Å². The summed E-state index contributed by atoms with van der Waals surface area (Å²) >= 11 is 0. The molecule has 156 valence electrons. The number of benzene rings is 1. The second-order valence-electron chi connectivity index (χ2n) is 8.90. The molecule has 0 amide bonds. The van der Waals surface area contributed by atoms with Crippen molar-refractivity contribution in [2.24, 2.45) is 5.41 Å². The Hall–Kier alpha value is -1.55. The first-order valence-corrected chi connectivity index (χ1v) is 11.3. The average Bonchev–Trinajstić information content (AvgIpc) is 3.04. The van der Waals surface area contributed by atoms with Crippen molar-refractivity contribution in [2.45, 2.75) is 71.8 Å². The molecule has 1 aromatic rings. The zero-order chi connectivity index (χ0) is 20.1. The van der Waals surface area contributed by atoms with Crippen LogP contribution in [0.3, 0.4) is 0 Å². The Morgan fingerprint density at radius 1 is 1.11 bits per heavy atom. The summed E-state index contributed by atoms with van der Waals surface area (Å²) in [5.41, 5.74) is 2.65. The molecule has 2 saturated heterocycles. The van der Waals surface area contributed by atoms with Crippen LogP contribution in [0.2, 0.25) is 0 Å². The first-order valence-electron chi connectivity index (χ1n) is 11.3. The number of piperazine rings is 1. The molecular formula is C24H38N2O2. The van der Waals surface area contributed by atoms with Crippen molar-refractivity contribution >= 4 is 11.7 Å². The van der Waals surface area contributed by atoms with E-state index in [-0.39, 0.29) is 17.5 Å². The number of anilines is 1. The molecule has 4 heteroatoms. The number of esters is 1. The summed E-state index contributed by atoms with van der Waals surface area (Å²) < 4.78 is 5.69. The van der Waals surface area contributed by atoms with Crippen LogP contribution in [0.25, 0.3) is 0 Å². The molecule has 0 saturated carbocycles. The van der Waals surface area contributed by atoms with Crippen LogP contribution in [0.15, 0.2) is 24.3 Å². The first kappa shape index (κ1) is 21.2. The topological polar surface area (TPSA) is 32.8 Å². The largest absolute Gasteiger partial charge is 0.462 e. The minimum Gasteiger partial charge on any atom is -0.462 e. The number of cyclic esters (lactones) is 1. The molecule has 4 nitrogen and oxygen atoms in total. The third-order valence-electron chi connectivity index (χ3n) is 6.95. The van der Waals surface area contributed by atoms with E-state index in [1.807, 2.05) is 0 Å². The van der Waals surface area contributed by atoms with Gasteiger partial charge in [0.25, 0.3) is 0 Å². The Morgan fingerprint density at radius 3 is 2.39 bits per heavy atom. The first-order chi connectivity index (χ1) is 13.5. The van der Waals surface area contributed by atoms with Crippen molar-refractivity contribution in [3.8, 4) is 0 Å². The maximum atomic E-state index is 12.2.